The van der Waals surface area contributed by atoms with E-state index in [1.807, 2.05) is 36.0 Å². The largest absolute Gasteiger partial charge is 0.481 e. The van der Waals surface area contributed by atoms with Crippen LogP contribution in [0.4, 0.5) is 0 Å². The van der Waals surface area contributed by atoms with Gasteiger partial charge in [0.05, 0.1) is 11.9 Å². The minimum absolute atomic E-state index is 0.0842. The molecule has 1 aromatic carbocycles. The van der Waals surface area contributed by atoms with Gasteiger partial charge in [-0.25, -0.2) is 0 Å². The highest BCUT2D eigenvalue weighted by atomic mass is 32.1. The van der Waals surface area contributed by atoms with E-state index in [-0.39, 0.29) is 6.42 Å². The zero-order chi connectivity index (χ0) is 11.4. The molecule has 0 bridgehead atoms. The Morgan fingerprint density at radius 1 is 1.25 bits per heavy atom. The predicted molar refractivity (Wildman–Crippen MR) is 62.7 cm³/mol. The van der Waals surface area contributed by atoms with Gasteiger partial charge in [-0.2, -0.15) is 0 Å². The molecule has 0 saturated heterocycles. The first-order valence-electron chi connectivity index (χ1n) is 4.91. The maximum Gasteiger partial charge on any atom is 0.307 e. The first kappa shape index (κ1) is 10.8. The monoisotopic (exact) mass is 233 g/mol. The van der Waals surface area contributed by atoms with Gasteiger partial charge < -0.3 is 5.11 Å². The van der Waals surface area contributed by atoms with Gasteiger partial charge in [0.1, 0.15) is 0 Å². The molecule has 2 aromatic rings. The van der Waals surface area contributed by atoms with Crippen LogP contribution in [0.2, 0.25) is 0 Å². The van der Waals surface area contributed by atoms with Crippen molar-refractivity contribution in [2.24, 2.45) is 0 Å². The summed E-state index contributed by atoms with van der Waals surface area (Å²) in [6.45, 7) is 0. The molecule has 0 atom stereocenters. The van der Waals surface area contributed by atoms with Gasteiger partial charge in [-0.05, 0) is 11.1 Å². The molecule has 0 aliphatic heterocycles. The lowest BCUT2D eigenvalue weighted by molar-refractivity contribution is -0.136. The molecule has 82 valence electrons. The van der Waals surface area contributed by atoms with Gasteiger partial charge in [0, 0.05) is 17.5 Å². The van der Waals surface area contributed by atoms with Gasteiger partial charge in [0.25, 0.3) is 0 Å². The maximum absolute atomic E-state index is 10.5. The highest BCUT2D eigenvalue weighted by Gasteiger charge is 2.01. The molecule has 0 unspecified atom stereocenters. The van der Waals surface area contributed by atoms with E-state index in [0.29, 0.717) is 0 Å². The lowest BCUT2D eigenvalue weighted by Gasteiger charge is -2.00. The number of nitrogens with zero attached hydrogens (tertiary/aromatic N) is 1. The minimum atomic E-state index is -0.796. The number of aromatic nitrogens is 1. The van der Waals surface area contributed by atoms with E-state index in [1.165, 1.54) is 10.4 Å². The van der Waals surface area contributed by atoms with E-state index < -0.39 is 5.97 Å². The van der Waals surface area contributed by atoms with Crippen molar-refractivity contribution in [3.05, 3.63) is 52.0 Å². The van der Waals surface area contributed by atoms with Crippen LogP contribution in [-0.2, 0) is 17.6 Å². The molecule has 0 saturated carbocycles. The van der Waals surface area contributed by atoms with Crippen LogP contribution in [-0.4, -0.2) is 16.1 Å². The molecule has 0 fully saturated rings. The van der Waals surface area contributed by atoms with Gasteiger partial charge in [-0.1, -0.05) is 24.3 Å². The van der Waals surface area contributed by atoms with Crippen molar-refractivity contribution in [1.82, 2.24) is 4.98 Å². The third-order valence-corrected chi connectivity index (χ3v) is 3.02. The van der Waals surface area contributed by atoms with Crippen LogP contribution in [0.25, 0.3) is 0 Å². The summed E-state index contributed by atoms with van der Waals surface area (Å²) in [4.78, 5) is 15.7. The summed E-state index contributed by atoms with van der Waals surface area (Å²) in [5, 5.41) is 8.64. The number of carbonyl (C=O) groups is 1. The maximum atomic E-state index is 10.5. The zero-order valence-electron chi connectivity index (χ0n) is 8.59. The minimum Gasteiger partial charge on any atom is -0.481 e. The lowest BCUT2D eigenvalue weighted by Crippen LogP contribution is -1.99. The van der Waals surface area contributed by atoms with Crippen molar-refractivity contribution < 1.29 is 9.90 Å². The highest BCUT2D eigenvalue weighted by Crippen LogP contribution is 2.14. The van der Waals surface area contributed by atoms with Crippen molar-refractivity contribution in [3.8, 4) is 0 Å². The fraction of sp³-hybridized carbons (Fsp3) is 0.167. The molecule has 1 N–H and O–H groups in total. The number of hydrogen-bond acceptors (Lipinski definition) is 3. The van der Waals surface area contributed by atoms with Gasteiger partial charge in [0.2, 0.25) is 0 Å². The molecule has 0 amide bonds. The summed E-state index contributed by atoms with van der Waals surface area (Å²) in [6.07, 6.45) is 2.80. The number of carboxylic acids is 1. The van der Waals surface area contributed by atoms with E-state index in [9.17, 15) is 4.79 Å². The van der Waals surface area contributed by atoms with Crippen LogP contribution in [0.1, 0.15) is 16.0 Å². The number of rotatable bonds is 4. The van der Waals surface area contributed by atoms with Crippen LogP contribution in [0, 0.1) is 0 Å². The number of aliphatic carboxylic acids is 1. The van der Waals surface area contributed by atoms with E-state index >= 15 is 0 Å². The quantitative estimate of drug-likeness (QED) is 0.882. The fourth-order valence-electron chi connectivity index (χ4n) is 1.48. The Morgan fingerprint density at radius 2 is 1.94 bits per heavy atom. The van der Waals surface area contributed by atoms with Crippen LogP contribution >= 0.6 is 11.3 Å². The molecule has 16 heavy (non-hydrogen) atoms. The Bertz CT molecular complexity index is 462. The van der Waals surface area contributed by atoms with E-state index in [4.69, 9.17) is 5.11 Å². The molecule has 2 rings (SSSR count). The van der Waals surface area contributed by atoms with E-state index in [2.05, 4.69) is 4.98 Å². The van der Waals surface area contributed by atoms with Crippen LogP contribution in [0.3, 0.4) is 0 Å². The average Bonchev–Trinajstić information content (AvgIpc) is 2.73. The molecule has 1 heterocycles. The number of benzene rings is 1. The number of hydrogen-bond donors (Lipinski definition) is 1. The smallest absolute Gasteiger partial charge is 0.307 e. The summed E-state index contributed by atoms with van der Waals surface area (Å²) >= 11 is 1.63. The SMILES string of the molecule is O=C(O)Cc1ccc(Cc2cncs2)cc1. The summed E-state index contributed by atoms with van der Waals surface area (Å²) in [6, 6.07) is 7.67. The van der Waals surface area contributed by atoms with Crippen molar-refractivity contribution in [2.75, 3.05) is 0 Å². The van der Waals surface area contributed by atoms with Gasteiger partial charge in [0.15, 0.2) is 0 Å². The van der Waals surface area contributed by atoms with Crippen molar-refractivity contribution in [1.29, 1.82) is 0 Å². The third-order valence-electron chi connectivity index (χ3n) is 2.24. The second-order valence-electron chi connectivity index (χ2n) is 3.53. The number of carboxylic acid groups (broad SMARTS) is 1. The second kappa shape index (κ2) is 4.90. The van der Waals surface area contributed by atoms with Crippen molar-refractivity contribution in [3.63, 3.8) is 0 Å². The fourth-order valence-corrected chi connectivity index (χ4v) is 2.11. The van der Waals surface area contributed by atoms with Crippen LogP contribution in [0.5, 0.6) is 0 Å². The summed E-state index contributed by atoms with van der Waals surface area (Å²) in [7, 11) is 0. The summed E-state index contributed by atoms with van der Waals surface area (Å²) in [5.74, 6) is -0.796. The average molecular weight is 233 g/mol. The molecule has 0 aliphatic carbocycles. The molecule has 0 spiro atoms. The van der Waals surface area contributed by atoms with E-state index in [1.54, 1.807) is 11.3 Å². The Kier molecular flexibility index (Phi) is 3.31. The normalized spacial score (nSPS) is 10.2. The lowest BCUT2D eigenvalue weighted by atomic mass is 10.1. The molecule has 1 aromatic heterocycles. The highest BCUT2D eigenvalue weighted by molar-refractivity contribution is 7.09. The van der Waals surface area contributed by atoms with Gasteiger partial charge in [-0.3, -0.25) is 9.78 Å². The second-order valence-corrected chi connectivity index (χ2v) is 4.50. The third kappa shape index (κ3) is 2.90. The first-order chi connectivity index (χ1) is 7.74. The van der Waals surface area contributed by atoms with Crippen LogP contribution < -0.4 is 0 Å². The molecule has 3 nitrogen and oxygen atoms in total. The summed E-state index contributed by atoms with van der Waals surface area (Å²) in [5.41, 5.74) is 3.83. The Hall–Kier alpha value is -1.68. The van der Waals surface area contributed by atoms with Crippen molar-refractivity contribution in [2.45, 2.75) is 12.8 Å². The van der Waals surface area contributed by atoms with Gasteiger partial charge in [-0.15, -0.1) is 11.3 Å². The Morgan fingerprint density at radius 3 is 2.50 bits per heavy atom. The van der Waals surface area contributed by atoms with Crippen LogP contribution in [0.15, 0.2) is 36.0 Å². The molecule has 0 radical (unpaired) electrons. The standard InChI is InChI=1S/C12H11NO2S/c14-12(15)6-10-3-1-9(2-4-10)5-11-7-13-8-16-11/h1-4,7-8H,5-6H2,(H,14,15). The molecular weight excluding hydrogens is 222 g/mol. The molecule has 0 aliphatic rings. The topological polar surface area (TPSA) is 50.2 Å². The first-order valence-corrected chi connectivity index (χ1v) is 5.79. The van der Waals surface area contributed by atoms with Gasteiger partial charge >= 0.3 is 5.97 Å². The number of thiazole rings is 1. The zero-order valence-corrected chi connectivity index (χ0v) is 9.41. The van der Waals surface area contributed by atoms with Crippen molar-refractivity contribution >= 4 is 17.3 Å². The Balaban J connectivity index is 2.05. The summed E-state index contributed by atoms with van der Waals surface area (Å²) < 4.78 is 0. The Labute approximate surface area is 97.4 Å². The molecular formula is C12H11NO2S. The predicted octanol–water partition coefficient (Wildman–Crippen LogP) is 2.36. The molecule has 4 heteroatoms. The van der Waals surface area contributed by atoms with E-state index in [0.717, 1.165) is 12.0 Å².